The molecule has 0 heteroatoms. The Labute approximate surface area is 135 Å². The van der Waals surface area contributed by atoms with Gasteiger partial charge in [-0.1, -0.05) is 81.3 Å². The Morgan fingerprint density at radius 3 is 2.27 bits per heavy atom. The van der Waals surface area contributed by atoms with Gasteiger partial charge in [0.05, 0.1) is 0 Å². The maximum absolute atomic E-state index is 2.42. The fourth-order valence-electron chi connectivity index (χ4n) is 3.71. The van der Waals surface area contributed by atoms with E-state index in [9.17, 15) is 0 Å². The van der Waals surface area contributed by atoms with Gasteiger partial charge >= 0.3 is 0 Å². The Kier molecular flexibility index (Phi) is 4.97. The lowest BCUT2D eigenvalue weighted by atomic mass is 9.72. The smallest absolute Gasteiger partial charge is 0.00930 e. The topological polar surface area (TPSA) is 0 Å². The van der Waals surface area contributed by atoms with Crippen molar-refractivity contribution >= 4 is 0 Å². The lowest BCUT2D eigenvalue weighted by Crippen LogP contribution is -2.18. The maximum Gasteiger partial charge on any atom is -0.00930 e. The van der Waals surface area contributed by atoms with Crippen LogP contribution in [0.1, 0.15) is 68.1 Å². The average molecular weight is 292 g/mol. The molecule has 0 amide bonds. The van der Waals surface area contributed by atoms with Crippen molar-refractivity contribution in [2.75, 3.05) is 0 Å². The van der Waals surface area contributed by atoms with E-state index in [1.54, 1.807) is 11.1 Å². The molecule has 0 heterocycles. The lowest BCUT2D eigenvalue weighted by molar-refractivity contribution is 0.399. The molecule has 0 spiro atoms. The Balaban J connectivity index is 1.92. The van der Waals surface area contributed by atoms with Crippen LogP contribution in [-0.2, 0) is 6.42 Å². The third-order valence-corrected chi connectivity index (χ3v) is 5.57. The normalized spacial score (nSPS) is 17.7. The van der Waals surface area contributed by atoms with Crippen LogP contribution in [0, 0.1) is 5.92 Å². The van der Waals surface area contributed by atoms with Crippen molar-refractivity contribution in [3.8, 4) is 0 Å². The summed E-state index contributed by atoms with van der Waals surface area (Å²) in [5, 5.41) is 0. The van der Waals surface area contributed by atoms with Crippen molar-refractivity contribution in [3.05, 3.63) is 71.3 Å². The molecular weight excluding hydrogens is 264 g/mol. The quantitative estimate of drug-likeness (QED) is 0.584. The van der Waals surface area contributed by atoms with Crippen molar-refractivity contribution in [2.24, 2.45) is 5.92 Å². The van der Waals surface area contributed by atoms with Crippen LogP contribution in [-0.4, -0.2) is 0 Å². The molecule has 1 saturated carbocycles. The Bertz CT molecular complexity index is 580. The third kappa shape index (κ3) is 3.27. The van der Waals surface area contributed by atoms with Gasteiger partial charge in [0, 0.05) is 0 Å². The summed E-state index contributed by atoms with van der Waals surface area (Å²) >= 11 is 0. The van der Waals surface area contributed by atoms with Crippen molar-refractivity contribution in [2.45, 2.75) is 57.8 Å². The fourth-order valence-corrected chi connectivity index (χ4v) is 3.71. The van der Waals surface area contributed by atoms with Gasteiger partial charge < -0.3 is 0 Å². The summed E-state index contributed by atoms with van der Waals surface area (Å²) in [5.74, 6) is 2.18. The van der Waals surface area contributed by atoms with E-state index in [2.05, 4.69) is 68.4 Å². The highest BCUT2D eigenvalue weighted by atomic mass is 14.3. The van der Waals surface area contributed by atoms with E-state index in [0.29, 0.717) is 5.92 Å². The molecule has 2 unspecified atom stereocenters. The van der Waals surface area contributed by atoms with Crippen LogP contribution >= 0.6 is 0 Å². The summed E-state index contributed by atoms with van der Waals surface area (Å²) in [4.78, 5) is 0. The summed E-state index contributed by atoms with van der Waals surface area (Å²) in [6.45, 7) is 4.75. The lowest BCUT2D eigenvalue weighted by Gasteiger charge is -2.32. The first-order valence-electron chi connectivity index (χ1n) is 8.92. The van der Waals surface area contributed by atoms with Crippen molar-refractivity contribution in [3.63, 3.8) is 0 Å². The van der Waals surface area contributed by atoms with Crippen LogP contribution in [0.25, 0.3) is 0 Å². The second kappa shape index (κ2) is 7.13. The molecule has 0 aromatic heterocycles. The molecule has 22 heavy (non-hydrogen) atoms. The largest absolute Gasteiger partial charge is 0.0651 e. The minimum absolute atomic E-state index is 0.643. The molecule has 0 aliphatic heterocycles. The van der Waals surface area contributed by atoms with E-state index < -0.39 is 0 Å². The summed E-state index contributed by atoms with van der Waals surface area (Å²) in [5.41, 5.74) is 4.72. The first-order chi connectivity index (χ1) is 10.8. The SMILES string of the molecule is CCC(C)C(Cc1ccccc1)c1ccccc1C1CCC1. The zero-order valence-electron chi connectivity index (χ0n) is 14.0. The number of hydrogen-bond acceptors (Lipinski definition) is 0. The van der Waals surface area contributed by atoms with E-state index in [-0.39, 0.29) is 0 Å². The Hall–Kier alpha value is -1.56. The zero-order valence-corrected chi connectivity index (χ0v) is 14.0. The molecule has 1 aliphatic rings. The van der Waals surface area contributed by atoms with Crippen LogP contribution in [0.5, 0.6) is 0 Å². The van der Waals surface area contributed by atoms with E-state index in [4.69, 9.17) is 0 Å². The average Bonchev–Trinajstić information content (AvgIpc) is 2.52. The van der Waals surface area contributed by atoms with Gasteiger partial charge in [0.1, 0.15) is 0 Å². The number of benzene rings is 2. The fraction of sp³-hybridized carbons (Fsp3) is 0.455. The van der Waals surface area contributed by atoms with Crippen LogP contribution in [0.4, 0.5) is 0 Å². The molecule has 0 N–H and O–H groups in total. The third-order valence-electron chi connectivity index (χ3n) is 5.57. The monoisotopic (exact) mass is 292 g/mol. The molecule has 2 aromatic carbocycles. The molecule has 0 nitrogen and oxygen atoms in total. The number of hydrogen-bond donors (Lipinski definition) is 0. The van der Waals surface area contributed by atoms with Crippen LogP contribution in [0.3, 0.4) is 0 Å². The molecule has 3 rings (SSSR count). The van der Waals surface area contributed by atoms with Gasteiger partial charge in [-0.05, 0) is 53.7 Å². The van der Waals surface area contributed by atoms with E-state index in [1.165, 1.54) is 37.7 Å². The molecular formula is C22H28. The van der Waals surface area contributed by atoms with Gasteiger partial charge in [0.25, 0.3) is 0 Å². The second-order valence-corrected chi connectivity index (χ2v) is 6.94. The van der Waals surface area contributed by atoms with Gasteiger partial charge in [-0.25, -0.2) is 0 Å². The van der Waals surface area contributed by atoms with E-state index >= 15 is 0 Å². The number of rotatable bonds is 6. The summed E-state index contributed by atoms with van der Waals surface area (Å²) in [6.07, 6.45) is 6.59. The standard InChI is InChI=1S/C22H28/c1-3-17(2)22(16-18-10-5-4-6-11-18)21-15-8-7-14-20(21)19-12-9-13-19/h4-8,10-11,14-15,17,19,22H,3,9,12-13,16H2,1-2H3. The predicted molar refractivity (Wildman–Crippen MR) is 95.4 cm³/mol. The molecule has 0 saturated heterocycles. The molecule has 0 radical (unpaired) electrons. The maximum atomic E-state index is 2.42. The van der Waals surface area contributed by atoms with Crippen LogP contribution in [0.15, 0.2) is 54.6 Å². The first-order valence-corrected chi connectivity index (χ1v) is 8.92. The zero-order chi connectivity index (χ0) is 15.4. The molecule has 116 valence electrons. The van der Waals surface area contributed by atoms with Gasteiger partial charge in [-0.3, -0.25) is 0 Å². The van der Waals surface area contributed by atoms with Gasteiger partial charge in [0.2, 0.25) is 0 Å². The minimum atomic E-state index is 0.643. The minimum Gasteiger partial charge on any atom is -0.0651 e. The first kappa shape index (κ1) is 15.3. The van der Waals surface area contributed by atoms with Crippen LogP contribution < -0.4 is 0 Å². The predicted octanol–water partition coefficient (Wildman–Crippen LogP) is 6.33. The summed E-state index contributed by atoms with van der Waals surface area (Å²) in [7, 11) is 0. The summed E-state index contributed by atoms with van der Waals surface area (Å²) < 4.78 is 0. The molecule has 2 aromatic rings. The van der Waals surface area contributed by atoms with E-state index in [1.807, 2.05) is 0 Å². The Morgan fingerprint density at radius 2 is 1.64 bits per heavy atom. The molecule has 2 atom stereocenters. The van der Waals surface area contributed by atoms with Gasteiger partial charge in [-0.15, -0.1) is 0 Å². The van der Waals surface area contributed by atoms with Crippen LogP contribution in [0.2, 0.25) is 0 Å². The van der Waals surface area contributed by atoms with E-state index in [0.717, 1.165) is 11.8 Å². The van der Waals surface area contributed by atoms with Crippen molar-refractivity contribution in [1.29, 1.82) is 0 Å². The van der Waals surface area contributed by atoms with Gasteiger partial charge in [-0.2, -0.15) is 0 Å². The highest BCUT2D eigenvalue weighted by molar-refractivity contribution is 5.36. The van der Waals surface area contributed by atoms with Gasteiger partial charge in [0.15, 0.2) is 0 Å². The molecule has 1 fully saturated rings. The summed E-state index contributed by atoms with van der Waals surface area (Å²) in [6, 6.07) is 20.3. The molecule has 0 bridgehead atoms. The Morgan fingerprint density at radius 1 is 0.955 bits per heavy atom. The van der Waals surface area contributed by atoms with Crippen molar-refractivity contribution in [1.82, 2.24) is 0 Å². The van der Waals surface area contributed by atoms with Crippen molar-refractivity contribution < 1.29 is 0 Å². The molecule has 1 aliphatic carbocycles. The second-order valence-electron chi connectivity index (χ2n) is 6.94. The highest BCUT2D eigenvalue weighted by Gasteiger charge is 2.27. The highest BCUT2D eigenvalue weighted by Crippen LogP contribution is 2.42.